The van der Waals surface area contributed by atoms with E-state index in [1.54, 1.807) is 12.1 Å². The molecule has 1 aromatic rings. The van der Waals surface area contributed by atoms with Crippen LogP contribution in [0.2, 0.25) is 0 Å². The topological polar surface area (TPSA) is 79.6 Å². The molecule has 25 heavy (non-hydrogen) atoms. The normalized spacial score (nSPS) is 23.6. The summed E-state index contributed by atoms with van der Waals surface area (Å²) in [6.45, 7) is 5.05. The molecular weight excluding hydrogens is 340 g/mol. The second-order valence-corrected chi connectivity index (χ2v) is 8.56. The summed E-state index contributed by atoms with van der Waals surface area (Å²) >= 11 is 0. The highest BCUT2D eigenvalue weighted by molar-refractivity contribution is 8.30. The summed E-state index contributed by atoms with van der Waals surface area (Å²) in [5.74, 6) is -1.75. The van der Waals surface area contributed by atoms with Gasteiger partial charge in [-0.05, 0) is 44.6 Å². The molecule has 0 N–H and O–H groups in total. The SMILES string of the molecule is CCN1CCC(C2=Cc3cccc(C#N)c3S23OC(=O)C(=O)O3)CC1. The Kier molecular flexibility index (Phi) is 3.82. The van der Waals surface area contributed by atoms with Crippen molar-refractivity contribution >= 4 is 28.6 Å². The molecule has 0 amide bonds. The van der Waals surface area contributed by atoms with Gasteiger partial charge < -0.3 is 13.3 Å². The van der Waals surface area contributed by atoms with Crippen LogP contribution in [0.25, 0.3) is 6.08 Å². The quantitative estimate of drug-likeness (QED) is 0.756. The highest BCUT2D eigenvalue weighted by Gasteiger charge is 2.52. The molecule has 0 radical (unpaired) electrons. The van der Waals surface area contributed by atoms with Crippen molar-refractivity contribution < 1.29 is 18.0 Å². The number of nitriles is 1. The lowest BCUT2D eigenvalue weighted by atomic mass is 9.95. The lowest BCUT2D eigenvalue weighted by molar-refractivity contribution is -0.150. The van der Waals surface area contributed by atoms with Gasteiger partial charge in [0.25, 0.3) is 0 Å². The molecule has 0 saturated carbocycles. The van der Waals surface area contributed by atoms with Gasteiger partial charge in [-0.3, -0.25) is 0 Å². The molecule has 0 bridgehead atoms. The first-order valence-corrected chi connectivity index (χ1v) is 9.85. The molecule has 6 nitrogen and oxygen atoms in total. The fourth-order valence-electron chi connectivity index (χ4n) is 3.75. The Balaban J connectivity index is 1.79. The lowest BCUT2D eigenvalue weighted by Crippen LogP contribution is -2.34. The van der Waals surface area contributed by atoms with Crippen LogP contribution in [-0.4, -0.2) is 36.5 Å². The van der Waals surface area contributed by atoms with E-state index in [1.807, 2.05) is 12.1 Å². The van der Waals surface area contributed by atoms with Gasteiger partial charge in [-0.25, -0.2) is 9.59 Å². The Morgan fingerprint density at radius 1 is 1.24 bits per heavy atom. The van der Waals surface area contributed by atoms with E-state index in [4.69, 9.17) is 8.37 Å². The molecular formula is C18H18N2O4S. The number of fused-ring (bicyclic) bond motifs is 2. The molecule has 0 aromatic heterocycles. The van der Waals surface area contributed by atoms with Crippen LogP contribution in [0.3, 0.4) is 0 Å². The van der Waals surface area contributed by atoms with Crippen LogP contribution in [0.15, 0.2) is 28.0 Å². The number of carbonyl (C=O) groups excluding carboxylic acids is 2. The maximum Gasteiger partial charge on any atom is 0.441 e. The fraction of sp³-hybridized carbons (Fsp3) is 0.389. The predicted molar refractivity (Wildman–Crippen MR) is 92.0 cm³/mol. The molecule has 2 fully saturated rings. The van der Waals surface area contributed by atoms with E-state index < -0.39 is 22.5 Å². The molecule has 130 valence electrons. The smallest absolute Gasteiger partial charge is 0.325 e. The Bertz CT molecular complexity index is 818. The van der Waals surface area contributed by atoms with Gasteiger partial charge in [0.1, 0.15) is 11.0 Å². The molecule has 3 heterocycles. The van der Waals surface area contributed by atoms with Crippen LogP contribution in [0.4, 0.5) is 0 Å². The van der Waals surface area contributed by atoms with E-state index in [-0.39, 0.29) is 5.92 Å². The van der Waals surface area contributed by atoms with Gasteiger partial charge in [0.15, 0.2) is 0 Å². The Morgan fingerprint density at radius 2 is 1.92 bits per heavy atom. The molecule has 3 aliphatic rings. The first-order valence-electron chi connectivity index (χ1n) is 8.36. The molecule has 1 spiro atoms. The van der Waals surface area contributed by atoms with Crippen LogP contribution >= 0.6 is 10.6 Å². The summed E-state index contributed by atoms with van der Waals surface area (Å²) in [6.07, 6.45) is 3.79. The predicted octanol–water partition coefficient (Wildman–Crippen LogP) is 2.74. The number of hydrogen-bond acceptors (Lipinski definition) is 6. The average molecular weight is 358 g/mol. The Labute approximate surface area is 147 Å². The van der Waals surface area contributed by atoms with Crippen LogP contribution in [0, 0.1) is 17.2 Å². The number of piperidine rings is 1. The van der Waals surface area contributed by atoms with Gasteiger partial charge in [0.05, 0.1) is 10.5 Å². The van der Waals surface area contributed by atoms with Gasteiger partial charge in [0.2, 0.25) is 0 Å². The molecule has 3 aliphatic heterocycles. The van der Waals surface area contributed by atoms with Crippen molar-refractivity contribution in [3.8, 4) is 6.07 Å². The minimum atomic E-state index is -2.67. The van der Waals surface area contributed by atoms with E-state index in [1.165, 1.54) is 0 Å². The van der Waals surface area contributed by atoms with Crippen molar-refractivity contribution in [1.29, 1.82) is 5.26 Å². The second-order valence-electron chi connectivity index (χ2n) is 6.34. The molecule has 2 saturated heterocycles. The zero-order valence-electron chi connectivity index (χ0n) is 13.9. The number of hydrogen-bond donors (Lipinski definition) is 0. The zero-order valence-corrected chi connectivity index (χ0v) is 14.7. The van der Waals surface area contributed by atoms with Gasteiger partial charge in [-0.2, -0.15) is 5.26 Å². The zero-order chi connectivity index (χ0) is 17.6. The maximum atomic E-state index is 11.9. The first kappa shape index (κ1) is 16.2. The summed E-state index contributed by atoms with van der Waals surface area (Å²) in [5, 5.41) is 9.49. The molecule has 0 atom stereocenters. The third-order valence-electron chi connectivity index (χ3n) is 5.03. The van der Waals surface area contributed by atoms with Crippen molar-refractivity contribution in [3.05, 3.63) is 34.2 Å². The Morgan fingerprint density at radius 3 is 2.52 bits per heavy atom. The van der Waals surface area contributed by atoms with Crippen LogP contribution < -0.4 is 0 Å². The van der Waals surface area contributed by atoms with Crippen LogP contribution in [0.1, 0.15) is 30.9 Å². The van der Waals surface area contributed by atoms with Crippen molar-refractivity contribution in [3.63, 3.8) is 0 Å². The minimum absolute atomic E-state index is 0.176. The third kappa shape index (κ3) is 2.36. The molecule has 4 rings (SSSR count). The number of nitrogens with zero attached hydrogens (tertiary/aromatic N) is 2. The summed E-state index contributed by atoms with van der Waals surface area (Å²) in [7, 11) is -2.67. The number of benzene rings is 1. The molecule has 7 heteroatoms. The van der Waals surface area contributed by atoms with Crippen molar-refractivity contribution in [2.75, 3.05) is 19.6 Å². The van der Waals surface area contributed by atoms with Crippen molar-refractivity contribution in [1.82, 2.24) is 4.90 Å². The standard InChI is InChI=1S/C18H18N2O4S/c1-2-20-8-6-12(7-9-20)15-10-13-4-3-5-14(11-19)16(13)25(15)23-17(21)18(22)24-25/h3-5,10,12H,2,6-9H2,1H3. The van der Waals surface area contributed by atoms with E-state index in [2.05, 4.69) is 17.9 Å². The van der Waals surface area contributed by atoms with Crippen molar-refractivity contribution in [2.24, 2.45) is 5.92 Å². The molecule has 0 aliphatic carbocycles. The minimum Gasteiger partial charge on any atom is -0.325 e. The van der Waals surface area contributed by atoms with Crippen LogP contribution in [-0.2, 0) is 18.0 Å². The molecule has 1 aromatic carbocycles. The summed E-state index contributed by atoms with van der Waals surface area (Å²) in [6, 6.07) is 7.48. The average Bonchev–Trinajstić information content (AvgIpc) is 3.11. The number of rotatable bonds is 2. The largest absolute Gasteiger partial charge is 0.441 e. The first-order chi connectivity index (χ1) is 12.1. The second kappa shape index (κ2) is 5.90. The maximum absolute atomic E-state index is 11.9. The van der Waals surface area contributed by atoms with Gasteiger partial charge in [0, 0.05) is 11.5 Å². The van der Waals surface area contributed by atoms with Gasteiger partial charge in [-0.1, -0.05) is 29.6 Å². The van der Waals surface area contributed by atoms with E-state index in [9.17, 15) is 14.9 Å². The van der Waals surface area contributed by atoms with Crippen LogP contribution in [0.5, 0.6) is 0 Å². The van der Waals surface area contributed by atoms with Gasteiger partial charge >= 0.3 is 11.9 Å². The highest BCUT2D eigenvalue weighted by Crippen LogP contribution is 2.74. The summed E-state index contributed by atoms with van der Waals surface area (Å²) in [4.78, 5) is 27.5. The van der Waals surface area contributed by atoms with E-state index >= 15 is 0 Å². The summed E-state index contributed by atoms with van der Waals surface area (Å²) in [5.41, 5.74) is 1.21. The lowest BCUT2D eigenvalue weighted by Gasteiger charge is -2.40. The fourth-order valence-corrected chi connectivity index (χ4v) is 6.74. The van der Waals surface area contributed by atoms with E-state index in [0.717, 1.165) is 42.9 Å². The highest BCUT2D eigenvalue weighted by atomic mass is 32.3. The summed E-state index contributed by atoms with van der Waals surface area (Å²) < 4.78 is 11.1. The van der Waals surface area contributed by atoms with Crippen molar-refractivity contribution in [2.45, 2.75) is 24.7 Å². The number of carbonyl (C=O) groups is 2. The molecule has 0 unspecified atom stereocenters. The monoisotopic (exact) mass is 358 g/mol. The third-order valence-corrected chi connectivity index (χ3v) is 7.87. The number of allylic oxidation sites excluding steroid dienone is 1. The Hall–Kier alpha value is -2.30. The van der Waals surface area contributed by atoms with Gasteiger partial charge in [-0.15, -0.1) is 0 Å². The van der Waals surface area contributed by atoms with E-state index in [0.29, 0.717) is 10.5 Å². The number of likely N-dealkylation sites (tertiary alicyclic amines) is 1.